The summed E-state index contributed by atoms with van der Waals surface area (Å²) in [5.74, 6) is 1.45. The molecule has 0 aliphatic carbocycles. The highest BCUT2D eigenvalue weighted by Gasteiger charge is 2.25. The van der Waals surface area contributed by atoms with Crippen LogP contribution in [-0.2, 0) is 4.79 Å². The number of carbonyl (C=O) groups is 1. The molecule has 0 radical (unpaired) electrons. The van der Waals surface area contributed by atoms with Gasteiger partial charge in [0.2, 0.25) is 5.91 Å². The molecule has 1 fully saturated rings. The van der Waals surface area contributed by atoms with Crippen molar-refractivity contribution < 1.29 is 4.79 Å². The Hall–Kier alpha value is -0.180. The highest BCUT2D eigenvalue weighted by molar-refractivity contribution is 8.00. The Bertz CT molecular complexity index is 161. The fraction of sp³-hybridized carbons (Fsp3) is 0.889. The molecule has 3 heteroatoms. The number of nitrogens with zero attached hydrogens (tertiary/aromatic N) is 1. The molecule has 1 rings (SSSR count). The smallest absolute Gasteiger partial charge is 0.235 e. The molecule has 0 saturated carbocycles. The predicted molar refractivity (Wildman–Crippen MR) is 53.4 cm³/mol. The Balaban J connectivity index is 2.36. The van der Waals surface area contributed by atoms with Crippen LogP contribution in [0.25, 0.3) is 0 Å². The van der Waals surface area contributed by atoms with Crippen molar-refractivity contribution in [3.05, 3.63) is 0 Å². The van der Waals surface area contributed by atoms with E-state index in [1.165, 1.54) is 6.42 Å². The van der Waals surface area contributed by atoms with E-state index in [0.29, 0.717) is 5.91 Å². The molecule has 1 unspecified atom stereocenters. The van der Waals surface area contributed by atoms with E-state index in [1.807, 2.05) is 23.7 Å². The lowest BCUT2D eigenvalue weighted by Gasteiger charge is -2.28. The Kier molecular flexibility index (Phi) is 3.92. The van der Waals surface area contributed by atoms with Crippen molar-refractivity contribution >= 4 is 17.7 Å². The van der Waals surface area contributed by atoms with E-state index in [9.17, 15) is 4.79 Å². The van der Waals surface area contributed by atoms with Crippen LogP contribution in [0.15, 0.2) is 0 Å². The Morgan fingerprint density at radius 2 is 2.42 bits per heavy atom. The van der Waals surface area contributed by atoms with Crippen molar-refractivity contribution in [2.75, 3.05) is 19.3 Å². The van der Waals surface area contributed by atoms with Crippen LogP contribution >= 0.6 is 11.8 Å². The summed E-state index contributed by atoms with van der Waals surface area (Å²) in [7, 11) is 1.90. The van der Waals surface area contributed by atoms with E-state index >= 15 is 0 Å². The van der Waals surface area contributed by atoms with Crippen LogP contribution < -0.4 is 0 Å². The minimum atomic E-state index is 0.253. The summed E-state index contributed by atoms with van der Waals surface area (Å²) in [5.41, 5.74) is 0. The number of likely N-dealkylation sites (tertiary alicyclic amines) is 1. The summed E-state index contributed by atoms with van der Waals surface area (Å²) in [4.78, 5) is 13.4. The molecule has 1 aliphatic rings. The summed E-state index contributed by atoms with van der Waals surface area (Å²) in [6.45, 7) is 3.10. The highest BCUT2D eigenvalue weighted by atomic mass is 32.2. The van der Waals surface area contributed by atoms with Gasteiger partial charge in [-0.3, -0.25) is 4.79 Å². The van der Waals surface area contributed by atoms with Crippen LogP contribution in [0, 0.1) is 0 Å². The quantitative estimate of drug-likeness (QED) is 0.671. The van der Waals surface area contributed by atoms with Gasteiger partial charge in [-0.1, -0.05) is 6.92 Å². The second-order valence-corrected chi connectivity index (χ2v) is 4.57. The average Bonchev–Trinajstić information content (AvgIpc) is 2.08. The summed E-state index contributed by atoms with van der Waals surface area (Å²) in [6.07, 6.45) is 3.41. The van der Waals surface area contributed by atoms with Crippen molar-refractivity contribution in [1.82, 2.24) is 4.90 Å². The molecule has 1 atom stereocenters. The highest BCUT2D eigenvalue weighted by Crippen LogP contribution is 2.23. The van der Waals surface area contributed by atoms with Crippen LogP contribution in [0.4, 0.5) is 0 Å². The monoisotopic (exact) mass is 187 g/mol. The molecule has 0 bridgehead atoms. The van der Waals surface area contributed by atoms with Gasteiger partial charge in [0, 0.05) is 13.6 Å². The van der Waals surface area contributed by atoms with E-state index < -0.39 is 0 Å². The summed E-state index contributed by atoms with van der Waals surface area (Å²) in [5, 5.41) is 0.253. The third kappa shape index (κ3) is 2.41. The van der Waals surface area contributed by atoms with E-state index in [4.69, 9.17) is 0 Å². The summed E-state index contributed by atoms with van der Waals surface area (Å²) < 4.78 is 0. The second kappa shape index (κ2) is 4.75. The van der Waals surface area contributed by atoms with Gasteiger partial charge >= 0.3 is 0 Å². The molecular formula is C9H17NOS. The third-order valence-corrected chi connectivity index (χ3v) is 3.62. The van der Waals surface area contributed by atoms with Gasteiger partial charge in [0.25, 0.3) is 0 Å². The number of thioether (sulfide) groups is 1. The van der Waals surface area contributed by atoms with Crippen LogP contribution in [0.3, 0.4) is 0 Å². The van der Waals surface area contributed by atoms with Gasteiger partial charge in [-0.05, 0) is 25.0 Å². The number of piperidine rings is 1. The maximum atomic E-state index is 11.5. The van der Waals surface area contributed by atoms with Crippen LogP contribution in [-0.4, -0.2) is 35.4 Å². The fourth-order valence-corrected chi connectivity index (χ4v) is 2.58. The molecule has 1 amide bonds. The molecule has 2 nitrogen and oxygen atoms in total. The molecule has 0 spiro atoms. The van der Waals surface area contributed by atoms with Gasteiger partial charge in [-0.15, -0.1) is 11.8 Å². The van der Waals surface area contributed by atoms with E-state index in [2.05, 4.69) is 6.92 Å². The SMILES string of the molecule is CCCSC1CCCN(C)C1=O. The van der Waals surface area contributed by atoms with Crippen LogP contribution in [0.1, 0.15) is 26.2 Å². The Morgan fingerprint density at radius 3 is 3.08 bits per heavy atom. The first-order valence-corrected chi connectivity index (χ1v) is 5.67. The Labute approximate surface area is 78.7 Å². The molecule has 70 valence electrons. The maximum absolute atomic E-state index is 11.5. The van der Waals surface area contributed by atoms with Gasteiger partial charge in [-0.2, -0.15) is 0 Å². The fourth-order valence-electron chi connectivity index (χ4n) is 1.41. The molecule has 1 heterocycles. The van der Waals surface area contributed by atoms with Gasteiger partial charge in [-0.25, -0.2) is 0 Å². The van der Waals surface area contributed by atoms with Crippen LogP contribution in [0.2, 0.25) is 0 Å². The molecule has 1 aliphatic heterocycles. The minimum absolute atomic E-state index is 0.253. The van der Waals surface area contributed by atoms with E-state index in [0.717, 1.165) is 25.1 Å². The zero-order valence-corrected chi connectivity index (χ0v) is 8.69. The first-order valence-electron chi connectivity index (χ1n) is 4.62. The summed E-state index contributed by atoms with van der Waals surface area (Å²) >= 11 is 1.82. The molecule has 12 heavy (non-hydrogen) atoms. The lowest BCUT2D eigenvalue weighted by molar-refractivity contribution is -0.131. The standard InChI is InChI=1S/C9H17NOS/c1-3-7-12-8-5-4-6-10(2)9(8)11/h8H,3-7H2,1-2H3. The topological polar surface area (TPSA) is 20.3 Å². The van der Waals surface area contributed by atoms with Crippen molar-refractivity contribution in [2.24, 2.45) is 0 Å². The second-order valence-electron chi connectivity index (χ2n) is 3.26. The zero-order valence-electron chi connectivity index (χ0n) is 7.88. The van der Waals surface area contributed by atoms with E-state index in [-0.39, 0.29) is 5.25 Å². The van der Waals surface area contributed by atoms with Gasteiger partial charge < -0.3 is 4.90 Å². The average molecular weight is 187 g/mol. The van der Waals surface area contributed by atoms with E-state index in [1.54, 1.807) is 0 Å². The number of hydrogen-bond acceptors (Lipinski definition) is 2. The zero-order chi connectivity index (χ0) is 8.97. The first-order chi connectivity index (χ1) is 5.75. The first kappa shape index (κ1) is 9.90. The van der Waals surface area contributed by atoms with Crippen molar-refractivity contribution in [3.8, 4) is 0 Å². The van der Waals surface area contributed by atoms with Gasteiger partial charge in [0.15, 0.2) is 0 Å². The maximum Gasteiger partial charge on any atom is 0.235 e. The van der Waals surface area contributed by atoms with Crippen molar-refractivity contribution in [3.63, 3.8) is 0 Å². The lowest BCUT2D eigenvalue weighted by atomic mass is 10.1. The number of carbonyl (C=O) groups excluding carboxylic acids is 1. The molecular weight excluding hydrogens is 170 g/mol. The van der Waals surface area contributed by atoms with Crippen LogP contribution in [0.5, 0.6) is 0 Å². The van der Waals surface area contributed by atoms with Crippen molar-refractivity contribution in [2.45, 2.75) is 31.4 Å². The number of amides is 1. The minimum Gasteiger partial charge on any atom is -0.345 e. The number of rotatable bonds is 3. The van der Waals surface area contributed by atoms with Gasteiger partial charge in [0.1, 0.15) is 0 Å². The lowest BCUT2D eigenvalue weighted by Crippen LogP contribution is -2.40. The predicted octanol–water partition coefficient (Wildman–Crippen LogP) is 1.75. The van der Waals surface area contributed by atoms with Gasteiger partial charge in [0.05, 0.1) is 5.25 Å². The number of hydrogen-bond donors (Lipinski definition) is 0. The molecule has 0 N–H and O–H groups in total. The van der Waals surface area contributed by atoms with Crippen molar-refractivity contribution in [1.29, 1.82) is 0 Å². The Morgan fingerprint density at radius 1 is 1.67 bits per heavy atom. The molecule has 1 saturated heterocycles. The molecule has 0 aromatic carbocycles. The molecule has 0 aromatic heterocycles. The largest absolute Gasteiger partial charge is 0.345 e. The summed E-state index contributed by atoms with van der Waals surface area (Å²) in [6, 6.07) is 0. The third-order valence-electron chi connectivity index (χ3n) is 2.13. The normalized spacial score (nSPS) is 24.7. The molecule has 0 aromatic rings.